The van der Waals surface area contributed by atoms with Gasteiger partial charge in [-0.15, -0.1) is 37.1 Å². The SMILES string of the molecule is C=CCN(CC=C)C(CN=C(N)NCC1CCCN1CC)C(C)C.I. The van der Waals surface area contributed by atoms with E-state index < -0.39 is 0 Å². The van der Waals surface area contributed by atoms with Crippen LogP contribution in [0, 0.1) is 5.92 Å². The molecule has 0 aliphatic carbocycles. The van der Waals surface area contributed by atoms with E-state index in [2.05, 4.69) is 54.0 Å². The van der Waals surface area contributed by atoms with Gasteiger partial charge < -0.3 is 11.1 Å². The van der Waals surface area contributed by atoms with Crippen LogP contribution >= 0.6 is 24.0 Å². The number of nitrogens with zero attached hydrogens (tertiary/aromatic N) is 3. The predicted octanol–water partition coefficient (Wildman–Crippen LogP) is 2.69. The fraction of sp³-hybridized carbons (Fsp3) is 0.737. The van der Waals surface area contributed by atoms with Crippen LogP contribution in [0.5, 0.6) is 0 Å². The number of likely N-dealkylation sites (tertiary alicyclic amines) is 1. The molecule has 0 saturated carbocycles. The Labute approximate surface area is 171 Å². The van der Waals surface area contributed by atoms with Crippen molar-refractivity contribution in [1.82, 2.24) is 15.1 Å². The summed E-state index contributed by atoms with van der Waals surface area (Å²) in [6, 6.07) is 0.919. The van der Waals surface area contributed by atoms with E-state index in [1.807, 2.05) is 12.2 Å². The molecule has 0 amide bonds. The van der Waals surface area contributed by atoms with Gasteiger partial charge in [0.05, 0.1) is 6.54 Å². The highest BCUT2D eigenvalue weighted by molar-refractivity contribution is 14.0. The zero-order chi connectivity index (χ0) is 17.9. The predicted molar refractivity (Wildman–Crippen MR) is 121 cm³/mol. The molecule has 0 aromatic rings. The molecule has 1 heterocycles. The molecule has 2 unspecified atom stereocenters. The smallest absolute Gasteiger partial charge is 0.188 e. The van der Waals surface area contributed by atoms with E-state index in [-0.39, 0.29) is 24.0 Å². The van der Waals surface area contributed by atoms with Gasteiger partial charge in [-0.05, 0) is 31.8 Å². The molecule has 1 fully saturated rings. The summed E-state index contributed by atoms with van der Waals surface area (Å²) in [5.74, 6) is 1.05. The second kappa shape index (κ2) is 13.6. The van der Waals surface area contributed by atoms with Gasteiger partial charge in [-0.3, -0.25) is 14.8 Å². The summed E-state index contributed by atoms with van der Waals surface area (Å²) in [5, 5.41) is 3.31. The fourth-order valence-corrected chi connectivity index (χ4v) is 3.44. The summed E-state index contributed by atoms with van der Waals surface area (Å²) in [7, 11) is 0. The zero-order valence-electron chi connectivity index (χ0n) is 16.3. The van der Waals surface area contributed by atoms with Crippen LogP contribution in [0.15, 0.2) is 30.3 Å². The van der Waals surface area contributed by atoms with Gasteiger partial charge in [-0.25, -0.2) is 0 Å². The number of rotatable bonds is 11. The summed E-state index contributed by atoms with van der Waals surface area (Å²) in [6.07, 6.45) is 6.40. The minimum Gasteiger partial charge on any atom is -0.370 e. The molecule has 1 saturated heterocycles. The second-order valence-electron chi connectivity index (χ2n) is 6.87. The quantitative estimate of drug-likeness (QED) is 0.214. The summed E-state index contributed by atoms with van der Waals surface area (Å²) in [6.45, 7) is 19.9. The fourth-order valence-electron chi connectivity index (χ4n) is 3.44. The minimum absolute atomic E-state index is 0. The zero-order valence-corrected chi connectivity index (χ0v) is 18.6. The van der Waals surface area contributed by atoms with E-state index in [1.54, 1.807) is 0 Å². The maximum atomic E-state index is 6.10. The first-order chi connectivity index (χ1) is 11.5. The Balaban J connectivity index is 0.00000576. The molecule has 0 aromatic carbocycles. The normalized spacial score (nSPS) is 19.7. The van der Waals surface area contributed by atoms with E-state index in [0.29, 0.717) is 30.5 Å². The third-order valence-electron chi connectivity index (χ3n) is 4.84. The van der Waals surface area contributed by atoms with Crippen LogP contribution in [0.1, 0.15) is 33.6 Å². The molecule has 5 nitrogen and oxygen atoms in total. The summed E-state index contributed by atoms with van der Waals surface area (Å²) in [5.41, 5.74) is 6.10. The van der Waals surface area contributed by atoms with Crippen molar-refractivity contribution in [3.8, 4) is 0 Å². The standard InChI is InChI=1S/C19H37N5.HI/c1-6-11-24(12-7-2)18(16(4)5)15-22-19(20)21-14-17-10-9-13-23(17)8-3;/h6-7,16-18H,1-2,8-15H2,3-5H3,(H3,20,21,22);1H. The Morgan fingerprint density at radius 2 is 2.00 bits per heavy atom. The Bertz CT molecular complexity index is 401. The van der Waals surface area contributed by atoms with Crippen LogP contribution in [-0.2, 0) is 0 Å². The maximum absolute atomic E-state index is 6.10. The largest absolute Gasteiger partial charge is 0.370 e. The van der Waals surface area contributed by atoms with E-state index in [4.69, 9.17) is 5.73 Å². The maximum Gasteiger partial charge on any atom is 0.188 e. The van der Waals surface area contributed by atoms with Crippen molar-refractivity contribution >= 4 is 29.9 Å². The van der Waals surface area contributed by atoms with Crippen molar-refractivity contribution in [3.05, 3.63) is 25.3 Å². The molecule has 146 valence electrons. The van der Waals surface area contributed by atoms with Gasteiger partial charge in [-0.2, -0.15) is 0 Å². The van der Waals surface area contributed by atoms with Crippen molar-refractivity contribution in [1.29, 1.82) is 0 Å². The number of nitrogens with one attached hydrogen (secondary N) is 1. The van der Waals surface area contributed by atoms with Gasteiger partial charge in [0, 0.05) is 31.7 Å². The number of aliphatic imine (C=N–C) groups is 1. The van der Waals surface area contributed by atoms with Gasteiger partial charge in [-0.1, -0.05) is 32.9 Å². The molecule has 0 radical (unpaired) electrons. The number of likely N-dealkylation sites (N-methyl/N-ethyl adjacent to an activating group) is 1. The minimum atomic E-state index is 0. The summed E-state index contributed by atoms with van der Waals surface area (Å²) < 4.78 is 0. The lowest BCUT2D eigenvalue weighted by molar-refractivity contribution is 0.195. The van der Waals surface area contributed by atoms with Crippen LogP contribution in [-0.4, -0.2) is 67.1 Å². The molecule has 1 aliphatic heterocycles. The number of guanidine groups is 1. The van der Waals surface area contributed by atoms with Crippen molar-refractivity contribution in [2.45, 2.75) is 45.7 Å². The second-order valence-corrected chi connectivity index (χ2v) is 6.87. The lowest BCUT2D eigenvalue weighted by Crippen LogP contribution is -2.45. The lowest BCUT2D eigenvalue weighted by Gasteiger charge is -2.32. The third kappa shape index (κ3) is 8.55. The van der Waals surface area contributed by atoms with Crippen molar-refractivity contribution in [2.24, 2.45) is 16.6 Å². The summed E-state index contributed by atoms with van der Waals surface area (Å²) in [4.78, 5) is 9.45. The van der Waals surface area contributed by atoms with E-state index in [1.165, 1.54) is 19.4 Å². The Morgan fingerprint density at radius 1 is 1.36 bits per heavy atom. The molecule has 1 aliphatic rings. The lowest BCUT2D eigenvalue weighted by atomic mass is 10.0. The topological polar surface area (TPSA) is 56.9 Å². The van der Waals surface area contributed by atoms with E-state index >= 15 is 0 Å². The first-order valence-corrected chi connectivity index (χ1v) is 9.27. The first kappa shape index (κ1) is 24.4. The van der Waals surface area contributed by atoms with Crippen LogP contribution in [0.3, 0.4) is 0 Å². The third-order valence-corrected chi connectivity index (χ3v) is 4.84. The molecule has 0 spiro atoms. The number of hydrogen-bond donors (Lipinski definition) is 2. The van der Waals surface area contributed by atoms with Gasteiger partial charge in [0.25, 0.3) is 0 Å². The van der Waals surface area contributed by atoms with E-state index in [9.17, 15) is 0 Å². The van der Waals surface area contributed by atoms with Crippen molar-refractivity contribution < 1.29 is 0 Å². The average molecular weight is 463 g/mol. The number of halogens is 1. The molecule has 0 aromatic heterocycles. The van der Waals surface area contributed by atoms with Gasteiger partial charge in [0.15, 0.2) is 5.96 Å². The first-order valence-electron chi connectivity index (χ1n) is 9.27. The molecule has 6 heteroatoms. The highest BCUT2D eigenvalue weighted by Crippen LogP contribution is 2.15. The molecular weight excluding hydrogens is 425 g/mol. The Kier molecular flexibility index (Phi) is 13.3. The van der Waals surface area contributed by atoms with Gasteiger partial charge in [0.2, 0.25) is 0 Å². The highest BCUT2D eigenvalue weighted by atomic mass is 127. The van der Waals surface area contributed by atoms with Crippen LogP contribution < -0.4 is 11.1 Å². The molecule has 2 atom stereocenters. The Morgan fingerprint density at radius 3 is 2.52 bits per heavy atom. The van der Waals surface area contributed by atoms with E-state index in [0.717, 1.165) is 26.2 Å². The monoisotopic (exact) mass is 463 g/mol. The van der Waals surface area contributed by atoms with Crippen LogP contribution in [0.4, 0.5) is 0 Å². The molecule has 25 heavy (non-hydrogen) atoms. The van der Waals surface area contributed by atoms with Gasteiger partial charge in [0.1, 0.15) is 0 Å². The summed E-state index contributed by atoms with van der Waals surface area (Å²) >= 11 is 0. The van der Waals surface area contributed by atoms with Crippen LogP contribution in [0.2, 0.25) is 0 Å². The molecule has 1 rings (SSSR count). The molecular formula is C19H38IN5. The Hall–Kier alpha value is -0.600. The van der Waals surface area contributed by atoms with Crippen molar-refractivity contribution in [3.63, 3.8) is 0 Å². The molecule has 3 N–H and O–H groups in total. The average Bonchev–Trinajstić information content (AvgIpc) is 3.00. The van der Waals surface area contributed by atoms with Crippen LogP contribution in [0.25, 0.3) is 0 Å². The van der Waals surface area contributed by atoms with Gasteiger partial charge >= 0.3 is 0 Å². The number of nitrogens with two attached hydrogens (primary N) is 1. The van der Waals surface area contributed by atoms with Crippen molar-refractivity contribution in [2.75, 3.05) is 39.3 Å². The molecule has 0 bridgehead atoms. The highest BCUT2D eigenvalue weighted by Gasteiger charge is 2.23. The number of hydrogen-bond acceptors (Lipinski definition) is 3.